The molecule has 0 aromatic heterocycles. The van der Waals surface area contributed by atoms with Crippen LogP contribution in [-0.4, -0.2) is 87.9 Å². The van der Waals surface area contributed by atoms with Crippen LogP contribution < -0.4 is 11.1 Å². The number of piperidine rings is 1. The number of likely N-dealkylation sites (tertiary alicyclic amines) is 1. The van der Waals surface area contributed by atoms with Crippen LogP contribution in [-0.2, 0) is 14.6 Å². The highest BCUT2D eigenvalue weighted by Crippen LogP contribution is 2.19. The number of carbonyl (C=O) groups excluding carboxylic acids is 1. The Hall–Kier alpha value is -0.620. The van der Waals surface area contributed by atoms with Crippen molar-refractivity contribution < 1.29 is 13.2 Å². The molecule has 25 heavy (non-hydrogen) atoms. The number of halogens is 1. The molecule has 2 aliphatic rings. The van der Waals surface area contributed by atoms with Gasteiger partial charge in [0.2, 0.25) is 5.91 Å². The molecule has 0 radical (unpaired) electrons. The Bertz CT molecular complexity index is 556. The molecule has 146 valence electrons. The number of hydrogen-bond acceptors (Lipinski definition) is 5. The van der Waals surface area contributed by atoms with E-state index in [0.717, 1.165) is 45.0 Å². The van der Waals surface area contributed by atoms with Gasteiger partial charge in [0.15, 0.2) is 15.8 Å². The number of rotatable bonds is 5. The van der Waals surface area contributed by atoms with E-state index in [1.165, 1.54) is 0 Å². The molecule has 0 aromatic carbocycles. The normalized spacial score (nSPS) is 24.4. The fourth-order valence-corrected chi connectivity index (χ4v) is 4.62. The summed E-state index contributed by atoms with van der Waals surface area (Å²) in [4.78, 5) is 19.8. The largest absolute Gasteiger partial charge is 0.370 e. The first-order valence-electron chi connectivity index (χ1n) is 8.56. The Morgan fingerprint density at radius 1 is 1.28 bits per heavy atom. The van der Waals surface area contributed by atoms with Crippen molar-refractivity contribution in [2.45, 2.75) is 19.3 Å². The molecule has 0 bridgehead atoms. The summed E-state index contributed by atoms with van der Waals surface area (Å²) in [5.41, 5.74) is 5.31. The molecule has 2 rings (SSSR count). The van der Waals surface area contributed by atoms with Gasteiger partial charge in [0.25, 0.3) is 0 Å². The van der Waals surface area contributed by atoms with Crippen LogP contribution in [0.1, 0.15) is 19.3 Å². The van der Waals surface area contributed by atoms with Gasteiger partial charge in [0, 0.05) is 52.7 Å². The minimum Gasteiger partial charge on any atom is -0.370 e. The first-order valence-corrected chi connectivity index (χ1v) is 10.4. The van der Waals surface area contributed by atoms with E-state index in [1.807, 2.05) is 0 Å². The summed E-state index contributed by atoms with van der Waals surface area (Å²) in [5, 5.41) is 3.35. The first kappa shape index (κ1) is 22.4. The molecule has 0 spiro atoms. The Morgan fingerprint density at radius 3 is 2.56 bits per heavy atom. The van der Waals surface area contributed by atoms with Crippen LogP contribution in [0.15, 0.2) is 4.99 Å². The highest BCUT2D eigenvalue weighted by atomic mass is 127. The van der Waals surface area contributed by atoms with Gasteiger partial charge in [-0.3, -0.25) is 14.7 Å². The third-order valence-electron chi connectivity index (χ3n) is 4.67. The highest BCUT2D eigenvalue weighted by Gasteiger charge is 2.24. The molecule has 2 aliphatic heterocycles. The Kier molecular flexibility index (Phi) is 9.43. The van der Waals surface area contributed by atoms with Crippen LogP contribution in [0.4, 0.5) is 0 Å². The number of carbonyl (C=O) groups is 1. The van der Waals surface area contributed by atoms with Gasteiger partial charge in [-0.25, -0.2) is 8.42 Å². The van der Waals surface area contributed by atoms with Gasteiger partial charge in [0.1, 0.15) is 0 Å². The van der Waals surface area contributed by atoms with Gasteiger partial charge in [-0.15, -0.1) is 24.0 Å². The number of amides is 1. The Morgan fingerprint density at radius 2 is 1.96 bits per heavy atom. The molecule has 8 nitrogen and oxygen atoms in total. The van der Waals surface area contributed by atoms with E-state index in [-0.39, 0.29) is 41.4 Å². The third-order valence-corrected chi connectivity index (χ3v) is 6.28. The Labute approximate surface area is 167 Å². The molecular formula is C15H30IN5O3S. The number of guanidine groups is 1. The topological polar surface area (TPSA) is 108 Å². The number of nitrogens with two attached hydrogens (primary N) is 1. The zero-order valence-corrected chi connectivity index (χ0v) is 18.0. The van der Waals surface area contributed by atoms with Crippen molar-refractivity contribution in [1.29, 1.82) is 0 Å². The van der Waals surface area contributed by atoms with Gasteiger partial charge in [-0.1, -0.05) is 0 Å². The summed E-state index contributed by atoms with van der Waals surface area (Å²) in [5.74, 6) is 1.39. The van der Waals surface area contributed by atoms with Crippen LogP contribution in [0, 0.1) is 5.92 Å². The highest BCUT2D eigenvalue weighted by molar-refractivity contribution is 14.0. The van der Waals surface area contributed by atoms with Crippen LogP contribution in [0.3, 0.4) is 0 Å². The van der Waals surface area contributed by atoms with Crippen molar-refractivity contribution in [3.05, 3.63) is 0 Å². The minimum absolute atomic E-state index is 0. The molecule has 10 heteroatoms. The number of nitrogens with zero attached hydrogens (tertiary/aromatic N) is 3. The Balaban J connectivity index is 0.00000312. The van der Waals surface area contributed by atoms with E-state index in [0.29, 0.717) is 25.4 Å². The van der Waals surface area contributed by atoms with Gasteiger partial charge < -0.3 is 16.0 Å². The fraction of sp³-hybridized carbons (Fsp3) is 0.867. The average Bonchev–Trinajstić information content (AvgIpc) is 2.52. The van der Waals surface area contributed by atoms with E-state index in [9.17, 15) is 13.2 Å². The predicted molar refractivity (Wildman–Crippen MR) is 110 cm³/mol. The van der Waals surface area contributed by atoms with E-state index >= 15 is 0 Å². The molecule has 1 amide bonds. The van der Waals surface area contributed by atoms with Crippen molar-refractivity contribution in [2.24, 2.45) is 16.6 Å². The zero-order valence-electron chi connectivity index (χ0n) is 14.8. The standard InChI is InChI=1S/C15H29N5O3S.HI/c1-17-15(20-5-2-3-13(12-20)11-14(16)21)18-4-6-19-7-9-24(22,23)10-8-19;/h13H,2-12H2,1H3,(H2,16,21)(H,17,18);1H. The molecule has 1 unspecified atom stereocenters. The van der Waals surface area contributed by atoms with E-state index in [1.54, 1.807) is 7.05 Å². The van der Waals surface area contributed by atoms with Crippen molar-refractivity contribution in [3.8, 4) is 0 Å². The molecular weight excluding hydrogens is 457 g/mol. The monoisotopic (exact) mass is 487 g/mol. The lowest BCUT2D eigenvalue weighted by Crippen LogP contribution is -2.49. The molecule has 2 heterocycles. The molecule has 1 atom stereocenters. The van der Waals surface area contributed by atoms with Crippen molar-refractivity contribution >= 4 is 45.7 Å². The van der Waals surface area contributed by atoms with E-state index in [2.05, 4.69) is 20.1 Å². The summed E-state index contributed by atoms with van der Waals surface area (Å²) in [6.07, 6.45) is 2.48. The number of nitrogens with one attached hydrogen (secondary N) is 1. The molecule has 0 saturated carbocycles. The fourth-order valence-electron chi connectivity index (χ4n) is 3.34. The molecule has 2 saturated heterocycles. The number of hydrogen-bond donors (Lipinski definition) is 2. The van der Waals surface area contributed by atoms with Gasteiger partial charge >= 0.3 is 0 Å². The van der Waals surface area contributed by atoms with Gasteiger partial charge in [-0.2, -0.15) is 0 Å². The van der Waals surface area contributed by atoms with Crippen LogP contribution in [0.25, 0.3) is 0 Å². The maximum absolute atomic E-state index is 11.4. The first-order chi connectivity index (χ1) is 11.4. The molecule has 2 fully saturated rings. The van der Waals surface area contributed by atoms with Crippen molar-refractivity contribution in [2.75, 3.05) is 57.8 Å². The number of aliphatic imine (C=N–C) groups is 1. The summed E-state index contributed by atoms with van der Waals surface area (Å²) < 4.78 is 22.9. The lowest BCUT2D eigenvalue weighted by Gasteiger charge is -2.35. The second kappa shape index (κ2) is 10.5. The lowest BCUT2D eigenvalue weighted by atomic mass is 9.95. The van der Waals surface area contributed by atoms with Crippen LogP contribution >= 0.6 is 24.0 Å². The summed E-state index contributed by atoms with van der Waals surface area (Å²) in [6.45, 7) is 4.46. The third kappa shape index (κ3) is 7.65. The second-order valence-corrected chi connectivity index (χ2v) is 8.90. The van der Waals surface area contributed by atoms with Crippen LogP contribution in [0.2, 0.25) is 0 Å². The van der Waals surface area contributed by atoms with Crippen LogP contribution in [0.5, 0.6) is 0 Å². The van der Waals surface area contributed by atoms with E-state index < -0.39 is 9.84 Å². The second-order valence-electron chi connectivity index (χ2n) is 6.59. The van der Waals surface area contributed by atoms with Crippen molar-refractivity contribution in [1.82, 2.24) is 15.1 Å². The summed E-state index contributed by atoms with van der Waals surface area (Å²) in [6, 6.07) is 0. The number of sulfone groups is 1. The van der Waals surface area contributed by atoms with E-state index in [4.69, 9.17) is 5.73 Å². The lowest BCUT2D eigenvalue weighted by molar-refractivity contribution is -0.119. The molecule has 0 aromatic rings. The van der Waals surface area contributed by atoms with Gasteiger partial charge in [-0.05, 0) is 18.8 Å². The molecule has 3 N–H and O–H groups in total. The predicted octanol–water partition coefficient (Wildman–Crippen LogP) is -0.502. The summed E-state index contributed by atoms with van der Waals surface area (Å²) in [7, 11) is -1.07. The zero-order chi connectivity index (χ0) is 17.6. The van der Waals surface area contributed by atoms with Crippen molar-refractivity contribution in [3.63, 3.8) is 0 Å². The minimum atomic E-state index is -2.83. The summed E-state index contributed by atoms with van der Waals surface area (Å²) >= 11 is 0. The molecule has 0 aliphatic carbocycles. The smallest absolute Gasteiger partial charge is 0.217 e. The quantitative estimate of drug-likeness (QED) is 0.308. The van der Waals surface area contributed by atoms with Gasteiger partial charge in [0.05, 0.1) is 11.5 Å². The number of primary amides is 1. The maximum atomic E-state index is 11.4. The average molecular weight is 487 g/mol. The SMILES string of the molecule is CN=C(NCCN1CCS(=O)(=O)CC1)N1CCCC(CC(N)=O)C1.I. The maximum Gasteiger partial charge on any atom is 0.217 e.